The third kappa shape index (κ3) is 3.78. The predicted molar refractivity (Wildman–Crippen MR) is 90.0 cm³/mol. The van der Waals surface area contributed by atoms with Crippen molar-refractivity contribution in [1.29, 1.82) is 0 Å². The van der Waals surface area contributed by atoms with Crippen molar-refractivity contribution in [3.05, 3.63) is 52.7 Å². The minimum absolute atomic E-state index is 0.0715. The summed E-state index contributed by atoms with van der Waals surface area (Å²) in [6, 6.07) is 10.0. The molecule has 9 nitrogen and oxygen atoms in total. The molecule has 9 heteroatoms. The Kier molecular flexibility index (Phi) is 4.95. The number of anilines is 1. The first-order chi connectivity index (χ1) is 12.2. The fraction of sp³-hybridized carbons (Fsp3) is 0.188. The number of hydrogen-bond donors (Lipinski definition) is 1. The van der Waals surface area contributed by atoms with Gasteiger partial charge in [0.1, 0.15) is 11.4 Å². The van der Waals surface area contributed by atoms with E-state index >= 15 is 0 Å². The highest BCUT2D eigenvalue weighted by Gasteiger charge is 2.18. The number of nitrogens with one attached hydrogen (secondary N) is 1. The molecule has 0 atom stereocenters. The molecule has 0 bridgehead atoms. The third-order valence-electron chi connectivity index (χ3n) is 3.38. The molecule has 0 radical (unpaired) electrons. The van der Waals surface area contributed by atoms with Gasteiger partial charge < -0.3 is 14.6 Å². The van der Waals surface area contributed by atoms with Crippen LogP contribution in [0.4, 0.5) is 11.4 Å². The van der Waals surface area contributed by atoms with Gasteiger partial charge in [-0.15, -0.1) is 0 Å². The number of nitro groups is 1. The topological polar surface area (TPSA) is 116 Å². The lowest BCUT2D eigenvalue weighted by Crippen LogP contribution is -2.09. The van der Waals surface area contributed by atoms with Crippen molar-refractivity contribution >= 4 is 11.4 Å². The number of ether oxygens (including phenoxy) is 1. The minimum atomic E-state index is -0.460. The second kappa shape index (κ2) is 7.49. The van der Waals surface area contributed by atoms with E-state index in [4.69, 9.17) is 9.26 Å². The first kappa shape index (κ1) is 16.5. The van der Waals surface area contributed by atoms with Crippen LogP contribution < -0.4 is 5.32 Å². The quantitative estimate of drug-likeness (QED) is 0.396. The maximum atomic E-state index is 11.3. The number of hydrogen-bond acceptors (Lipinski definition) is 8. The van der Waals surface area contributed by atoms with Crippen LogP contribution in [-0.2, 0) is 4.74 Å². The molecular formula is C16H15N5O4. The smallest absolute Gasteiger partial charge is 0.293 e. The lowest BCUT2D eigenvalue weighted by atomic mass is 10.1. The van der Waals surface area contributed by atoms with E-state index in [1.54, 1.807) is 43.6 Å². The molecule has 0 saturated heterocycles. The number of methoxy groups -OCH3 is 1. The van der Waals surface area contributed by atoms with Gasteiger partial charge in [0.2, 0.25) is 5.82 Å². The van der Waals surface area contributed by atoms with E-state index in [2.05, 4.69) is 20.4 Å². The number of pyridine rings is 1. The van der Waals surface area contributed by atoms with Crippen LogP contribution in [0.2, 0.25) is 0 Å². The van der Waals surface area contributed by atoms with Gasteiger partial charge in [0.25, 0.3) is 11.6 Å². The van der Waals surface area contributed by atoms with Crippen molar-refractivity contribution in [2.45, 2.75) is 0 Å². The van der Waals surface area contributed by atoms with Gasteiger partial charge in [-0.1, -0.05) is 11.2 Å². The van der Waals surface area contributed by atoms with Gasteiger partial charge in [0.05, 0.1) is 11.5 Å². The van der Waals surface area contributed by atoms with Crippen LogP contribution in [0, 0.1) is 10.1 Å². The Morgan fingerprint density at radius 1 is 1.32 bits per heavy atom. The van der Waals surface area contributed by atoms with E-state index < -0.39 is 4.92 Å². The van der Waals surface area contributed by atoms with Crippen molar-refractivity contribution in [3.8, 4) is 23.0 Å². The second-order valence-electron chi connectivity index (χ2n) is 5.05. The van der Waals surface area contributed by atoms with Gasteiger partial charge >= 0.3 is 0 Å². The molecule has 2 heterocycles. The zero-order chi connectivity index (χ0) is 17.6. The molecule has 0 amide bonds. The molecule has 25 heavy (non-hydrogen) atoms. The highest BCUT2D eigenvalue weighted by Crippen LogP contribution is 2.30. The van der Waals surface area contributed by atoms with Crippen LogP contribution in [0.15, 0.2) is 47.1 Å². The average Bonchev–Trinajstić information content (AvgIpc) is 3.13. The molecule has 128 valence electrons. The van der Waals surface area contributed by atoms with Gasteiger partial charge in [-0.25, -0.2) is 0 Å². The first-order valence-electron chi connectivity index (χ1n) is 7.46. The van der Waals surface area contributed by atoms with Crippen LogP contribution in [-0.4, -0.2) is 40.3 Å². The highest BCUT2D eigenvalue weighted by atomic mass is 16.6. The van der Waals surface area contributed by atoms with Crippen molar-refractivity contribution in [3.63, 3.8) is 0 Å². The molecule has 0 fully saturated rings. The zero-order valence-electron chi connectivity index (χ0n) is 13.4. The van der Waals surface area contributed by atoms with E-state index in [1.165, 1.54) is 6.07 Å². The van der Waals surface area contributed by atoms with Crippen LogP contribution in [0.25, 0.3) is 23.0 Å². The SMILES string of the molecule is COCCNc1ccc(-c2noc(-c3ccccn3)n2)cc1[N+](=O)[O-]. The standard InChI is InChI=1S/C16H15N5O4/c1-24-9-8-18-12-6-5-11(10-14(12)21(22)23)15-19-16(25-20-15)13-4-2-3-7-17-13/h2-7,10,18H,8-9H2,1H3. The number of nitro benzene ring substituents is 1. The monoisotopic (exact) mass is 341 g/mol. The van der Waals surface area contributed by atoms with Gasteiger partial charge in [-0.3, -0.25) is 15.1 Å². The number of rotatable bonds is 7. The van der Waals surface area contributed by atoms with E-state index in [0.717, 1.165) is 0 Å². The van der Waals surface area contributed by atoms with Gasteiger partial charge in [-0.2, -0.15) is 4.98 Å². The Morgan fingerprint density at radius 3 is 2.92 bits per heavy atom. The van der Waals surface area contributed by atoms with E-state index in [9.17, 15) is 10.1 Å². The van der Waals surface area contributed by atoms with Crippen molar-refractivity contribution in [2.24, 2.45) is 0 Å². The summed E-state index contributed by atoms with van der Waals surface area (Å²) in [6.45, 7) is 0.903. The lowest BCUT2D eigenvalue weighted by Gasteiger charge is -2.07. The highest BCUT2D eigenvalue weighted by molar-refractivity contribution is 5.70. The summed E-state index contributed by atoms with van der Waals surface area (Å²) in [6.07, 6.45) is 1.62. The van der Waals surface area contributed by atoms with Crippen molar-refractivity contribution < 1.29 is 14.2 Å². The minimum Gasteiger partial charge on any atom is -0.383 e. The molecule has 3 aromatic rings. The number of benzene rings is 1. The first-order valence-corrected chi connectivity index (χ1v) is 7.46. The predicted octanol–water partition coefficient (Wildman–Crippen LogP) is 2.77. The lowest BCUT2D eigenvalue weighted by molar-refractivity contribution is -0.383. The maximum absolute atomic E-state index is 11.3. The van der Waals surface area contributed by atoms with Crippen LogP contribution in [0.5, 0.6) is 0 Å². The fourth-order valence-corrected chi connectivity index (χ4v) is 2.19. The number of aromatic nitrogens is 3. The van der Waals surface area contributed by atoms with Crippen LogP contribution in [0.1, 0.15) is 0 Å². The van der Waals surface area contributed by atoms with Gasteiger partial charge in [0, 0.05) is 31.5 Å². The summed E-state index contributed by atoms with van der Waals surface area (Å²) in [5.74, 6) is 0.507. The Morgan fingerprint density at radius 2 is 2.20 bits per heavy atom. The molecule has 0 aliphatic rings. The summed E-state index contributed by atoms with van der Waals surface area (Å²) >= 11 is 0. The summed E-state index contributed by atoms with van der Waals surface area (Å²) in [5, 5.41) is 18.2. The molecule has 0 unspecified atom stereocenters. The molecule has 0 spiro atoms. The molecular weight excluding hydrogens is 326 g/mol. The van der Waals surface area contributed by atoms with E-state index in [1.807, 2.05) is 0 Å². The van der Waals surface area contributed by atoms with Gasteiger partial charge in [-0.05, 0) is 24.3 Å². The molecule has 2 aromatic heterocycles. The molecule has 1 aromatic carbocycles. The number of nitrogens with zero attached hydrogens (tertiary/aromatic N) is 4. The summed E-state index contributed by atoms with van der Waals surface area (Å²) in [7, 11) is 1.56. The molecule has 3 rings (SSSR count). The van der Waals surface area contributed by atoms with Crippen molar-refractivity contribution in [2.75, 3.05) is 25.6 Å². The maximum Gasteiger partial charge on any atom is 0.293 e. The largest absolute Gasteiger partial charge is 0.383 e. The van der Waals surface area contributed by atoms with E-state index in [0.29, 0.717) is 30.1 Å². The molecule has 0 aliphatic heterocycles. The summed E-state index contributed by atoms with van der Waals surface area (Å²) < 4.78 is 10.1. The Balaban J connectivity index is 1.89. The van der Waals surface area contributed by atoms with Gasteiger partial charge in [0.15, 0.2) is 0 Å². The normalized spacial score (nSPS) is 10.6. The molecule has 0 saturated carbocycles. The molecule has 1 N–H and O–H groups in total. The Hall–Kier alpha value is -3.33. The Labute approximate surface area is 142 Å². The summed E-state index contributed by atoms with van der Waals surface area (Å²) in [5.41, 5.74) is 1.35. The summed E-state index contributed by atoms with van der Waals surface area (Å²) in [4.78, 5) is 19.2. The van der Waals surface area contributed by atoms with Crippen molar-refractivity contribution in [1.82, 2.24) is 15.1 Å². The Bertz CT molecular complexity index is 866. The second-order valence-corrected chi connectivity index (χ2v) is 5.05. The third-order valence-corrected chi connectivity index (χ3v) is 3.38. The van der Waals surface area contributed by atoms with E-state index in [-0.39, 0.29) is 17.4 Å². The fourth-order valence-electron chi connectivity index (χ4n) is 2.19. The molecule has 0 aliphatic carbocycles. The zero-order valence-corrected chi connectivity index (χ0v) is 13.4. The van der Waals surface area contributed by atoms with Crippen LogP contribution in [0.3, 0.4) is 0 Å². The van der Waals surface area contributed by atoms with Crippen LogP contribution >= 0.6 is 0 Å². The average molecular weight is 341 g/mol.